The number of rotatable bonds is 3. The summed E-state index contributed by atoms with van der Waals surface area (Å²) >= 11 is 0. The van der Waals surface area contributed by atoms with Crippen LogP contribution in [0.25, 0.3) is 0 Å². The summed E-state index contributed by atoms with van der Waals surface area (Å²) in [7, 11) is 0. The van der Waals surface area contributed by atoms with E-state index in [0.717, 1.165) is 22.5 Å². The average Bonchev–Trinajstić information content (AvgIpc) is 2.52. The van der Waals surface area contributed by atoms with Crippen LogP contribution in [0.5, 0.6) is 0 Å². The van der Waals surface area contributed by atoms with Crippen LogP contribution in [0, 0.1) is 13.8 Å². The fraction of sp³-hybridized carbons (Fsp3) is 0.222. The van der Waals surface area contributed by atoms with Crippen molar-refractivity contribution in [1.82, 2.24) is 5.32 Å². The number of nitrogens with one attached hydrogen (secondary N) is 2. The van der Waals surface area contributed by atoms with E-state index in [-0.39, 0.29) is 0 Å². The van der Waals surface area contributed by atoms with E-state index in [1.54, 1.807) is 6.92 Å². The Labute approximate surface area is 136 Å². The van der Waals surface area contributed by atoms with Crippen molar-refractivity contribution >= 4 is 23.4 Å². The Hall–Kier alpha value is -2.82. The number of amides is 1. The van der Waals surface area contributed by atoms with Crippen molar-refractivity contribution in [2.75, 3.05) is 11.9 Å². The number of benzene rings is 2. The van der Waals surface area contributed by atoms with Gasteiger partial charge in [-0.15, -0.1) is 0 Å². The Morgan fingerprint density at radius 3 is 2.13 bits per heavy atom. The summed E-state index contributed by atoms with van der Waals surface area (Å²) in [4.78, 5) is 16.1. The van der Waals surface area contributed by atoms with Crippen molar-refractivity contribution in [3.05, 3.63) is 59.7 Å². The largest absolute Gasteiger partial charge is 0.450 e. The van der Waals surface area contributed by atoms with Gasteiger partial charge in [-0.1, -0.05) is 35.4 Å². The van der Waals surface area contributed by atoms with Crippen molar-refractivity contribution in [2.45, 2.75) is 20.8 Å². The molecule has 0 atom stereocenters. The molecule has 2 N–H and O–H groups in total. The van der Waals surface area contributed by atoms with E-state index in [0.29, 0.717) is 12.6 Å². The van der Waals surface area contributed by atoms with Gasteiger partial charge >= 0.3 is 6.09 Å². The van der Waals surface area contributed by atoms with Crippen LogP contribution >= 0.6 is 0 Å². The molecule has 2 rings (SSSR count). The molecule has 1 amide bonds. The third-order valence-electron chi connectivity index (χ3n) is 3.09. The highest BCUT2D eigenvalue weighted by molar-refractivity contribution is 6.03. The maximum atomic E-state index is 11.7. The Morgan fingerprint density at radius 1 is 1.00 bits per heavy atom. The van der Waals surface area contributed by atoms with Gasteiger partial charge in [0.2, 0.25) is 5.96 Å². The van der Waals surface area contributed by atoms with Gasteiger partial charge in [-0.2, -0.15) is 0 Å². The molecule has 2 aromatic carbocycles. The van der Waals surface area contributed by atoms with Gasteiger partial charge in [0.15, 0.2) is 0 Å². The highest BCUT2D eigenvalue weighted by Crippen LogP contribution is 2.14. The van der Waals surface area contributed by atoms with Gasteiger partial charge in [-0.05, 0) is 45.0 Å². The molecule has 0 saturated carbocycles. The van der Waals surface area contributed by atoms with Gasteiger partial charge < -0.3 is 10.1 Å². The molecule has 0 aromatic heterocycles. The molecule has 0 aliphatic heterocycles. The number of aliphatic imine (C=N–C) groups is 1. The van der Waals surface area contributed by atoms with Crippen LogP contribution in [0.3, 0.4) is 0 Å². The first-order valence-corrected chi connectivity index (χ1v) is 7.49. The smallest absolute Gasteiger partial charge is 0.413 e. The van der Waals surface area contributed by atoms with Gasteiger partial charge in [-0.25, -0.2) is 9.79 Å². The van der Waals surface area contributed by atoms with Crippen LogP contribution in [-0.4, -0.2) is 18.7 Å². The summed E-state index contributed by atoms with van der Waals surface area (Å²) in [6, 6.07) is 15.5. The third kappa shape index (κ3) is 5.47. The van der Waals surface area contributed by atoms with E-state index < -0.39 is 6.09 Å². The number of carbonyl (C=O) groups excluding carboxylic acids is 1. The zero-order chi connectivity index (χ0) is 16.7. The lowest BCUT2D eigenvalue weighted by atomic mass is 10.2. The van der Waals surface area contributed by atoms with Crippen molar-refractivity contribution in [3.8, 4) is 0 Å². The number of hydrogen-bond acceptors (Lipinski definition) is 3. The summed E-state index contributed by atoms with van der Waals surface area (Å²) in [6.45, 7) is 6.08. The van der Waals surface area contributed by atoms with E-state index in [4.69, 9.17) is 4.74 Å². The first-order chi connectivity index (χ1) is 11.1. The minimum atomic E-state index is -0.544. The van der Waals surface area contributed by atoms with Crippen LogP contribution in [0.2, 0.25) is 0 Å². The Bertz CT molecular complexity index is 676. The quantitative estimate of drug-likeness (QED) is 0.661. The van der Waals surface area contributed by atoms with Crippen molar-refractivity contribution in [3.63, 3.8) is 0 Å². The number of hydrogen-bond donors (Lipinski definition) is 2. The van der Waals surface area contributed by atoms with Crippen molar-refractivity contribution in [1.29, 1.82) is 0 Å². The number of guanidine groups is 1. The molecule has 0 bridgehead atoms. The van der Waals surface area contributed by atoms with E-state index in [2.05, 4.69) is 15.6 Å². The predicted octanol–water partition coefficient (Wildman–Crippen LogP) is 4.15. The van der Waals surface area contributed by atoms with Crippen LogP contribution < -0.4 is 10.6 Å². The Balaban J connectivity index is 2.21. The summed E-state index contributed by atoms with van der Waals surface area (Å²) in [5.41, 5.74) is 3.88. The number of nitrogens with zero attached hydrogens (tertiary/aromatic N) is 1. The first-order valence-electron chi connectivity index (χ1n) is 7.49. The second kappa shape index (κ2) is 7.98. The monoisotopic (exact) mass is 311 g/mol. The topological polar surface area (TPSA) is 62.7 Å². The summed E-state index contributed by atoms with van der Waals surface area (Å²) in [6.07, 6.45) is -0.544. The lowest BCUT2D eigenvalue weighted by Gasteiger charge is -2.11. The molecule has 2 aromatic rings. The molecule has 120 valence electrons. The molecule has 0 aliphatic carbocycles. The zero-order valence-corrected chi connectivity index (χ0v) is 13.6. The third-order valence-corrected chi connectivity index (χ3v) is 3.09. The van der Waals surface area contributed by atoms with Gasteiger partial charge in [0.05, 0.1) is 12.3 Å². The minimum absolute atomic E-state index is 0.300. The molecule has 0 unspecified atom stereocenters. The molecular formula is C18H21N3O2. The highest BCUT2D eigenvalue weighted by atomic mass is 16.5. The molecular weight excluding hydrogens is 290 g/mol. The van der Waals surface area contributed by atoms with E-state index in [9.17, 15) is 4.79 Å². The molecule has 0 fully saturated rings. The van der Waals surface area contributed by atoms with E-state index in [1.807, 2.05) is 62.4 Å². The number of aryl methyl sites for hydroxylation is 2. The van der Waals surface area contributed by atoms with Gasteiger partial charge in [0.1, 0.15) is 0 Å². The normalized spacial score (nSPS) is 11.0. The van der Waals surface area contributed by atoms with Gasteiger partial charge in [0, 0.05) is 5.69 Å². The average molecular weight is 311 g/mol. The van der Waals surface area contributed by atoms with Gasteiger partial charge in [-0.3, -0.25) is 5.32 Å². The molecule has 23 heavy (non-hydrogen) atoms. The van der Waals surface area contributed by atoms with Gasteiger partial charge in [0.25, 0.3) is 0 Å². The van der Waals surface area contributed by atoms with E-state index in [1.165, 1.54) is 0 Å². The molecule has 0 aliphatic rings. The van der Waals surface area contributed by atoms with Crippen LogP contribution in [-0.2, 0) is 4.74 Å². The van der Waals surface area contributed by atoms with Crippen LogP contribution in [0.15, 0.2) is 53.5 Å². The van der Waals surface area contributed by atoms with Crippen LogP contribution in [0.4, 0.5) is 16.2 Å². The molecule has 0 saturated heterocycles. The lowest BCUT2D eigenvalue weighted by Crippen LogP contribution is -2.36. The predicted molar refractivity (Wildman–Crippen MR) is 93.2 cm³/mol. The van der Waals surface area contributed by atoms with E-state index >= 15 is 0 Å². The number of anilines is 1. The summed E-state index contributed by atoms with van der Waals surface area (Å²) < 4.78 is 4.92. The molecule has 5 heteroatoms. The first kappa shape index (κ1) is 16.5. The fourth-order valence-corrected chi connectivity index (χ4v) is 1.87. The maximum Gasteiger partial charge on any atom is 0.413 e. The fourth-order valence-electron chi connectivity index (χ4n) is 1.87. The summed E-state index contributed by atoms with van der Waals surface area (Å²) in [5, 5.41) is 5.72. The van der Waals surface area contributed by atoms with Crippen molar-refractivity contribution in [2.24, 2.45) is 4.99 Å². The summed E-state index contributed by atoms with van der Waals surface area (Å²) in [5.74, 6) is 0.316. The van der Waals surface area contributed by atoms with Crippen LogP contribution in [0.1, 0.15) is 18.1 Å². The number of alkyl carbamates (subject to hydrolysis) is 1. The Kier molecular flexibility index (Phi) is 5.74. The standard InChI is InChI=1S/C18H21N3O2/c1-4-23-18(22)21-17(19-15-9-5-13(2)6-10-15)20-16-11-7-14(3)8-12-16/h5-12H,4H2,1-3H3,(H2,19,20,21,22). The zero-order valence-electron chi connectivity index (χ0n) is 13.6. The minimum Gasteiger partial charge on any atom is -0.450 e. The molecule has 0 spiro atoms. The second-order valence-corrected chi connectivity index (χ2v) is 5.13. The highest BCUT2D eigenvalue weighted by Gasteiger charge is 2.07. The SMILES string of the molecule is CCOC(=O)NC(=Nc1ccc(C)cc1)Nc1ccc(C)cc1. The number of carbonyl (C=O) groups is 1. The molecule has 0 radical (unpaired) electrons. The van der Waals surface area contributed by atoms with Crippen molar-refractivity contribution < 1.29 is 9.53 Å². The Morgan fingerprint density at radius 2 is 1.57 bits per heavy atom. The maximum absolute atomic E-state index is 11.7. The number of ether oxygens (including phenoxy) is 1. The molecule has 0 heterocycles. The second-order valence-electron chi connectivity index (χ2n) is 5.13. The molecule has 5 nitrogen and oxygen atoms in total. The lowest BCUT2D eigenvalue weighted by molar-refractivity contribution is 0.158.